The summed E-state index contributed by atoms with van der Waals surface area (Å²) in [6, 6.07) is 10.4. The highest BCUT2D eigenvalue weighted by Gasteiger charge is 2.33. The zero-order valence-corrected chi connectivity index (χ0v) is 11.2. The summed E-state index contributed by atoms with van der Waals surface area (Å²) >= 11 is 0. The van der Waals surface area contributed by atoms with E-state index >= 15 is 0 Å². The molecule has 0 amide bonds. The van der Waals surface area contributed by atoms with Gasteiger partial charge >= 0.3 is 0 Å². The van der Waals surface area contributed by atoms with Gasteiger partial charge in [0, 0.05) is 18.0 Å². The summed E-state index contributed by atoms with van der Waals surface area (Å²) in [6.07, 6.45) is 3.33. The van der Waals surface area contributed by atoms with E-state index in [1.165, 1.54) is 12.8 Å². The number of ether oxygens (including phenoxy) is 1. The molecule has 0 aliphatic heterocycles. The lowest BCUT2D eigenvalue weighted by molar-refractivity contribution is 0.108. The molecule has 0 radical (unpaired) electrons. The van der Waals surface area contributed by atoms with E-state index in [0.29, 0.717) is 6.04 Å². The molecule has 3 nitrogen and oxygen atoms in total. The summed E-state index contributed by atoms with van der Waals surface area (Å²) in [5, 5.41) is 13.1. The fourth-order valence-corrected chi connectivity index (χ4v) is 2.30. The topological polar surface area (TPSA) is 41.5 Å². The van der Waals surface area contributed by atoms with Crippen molar-refractivity contribution in [2.24, 2.45) is 0 Å². The van der Waals surface area contributed by atoms with E-state index in [0.717, 1.165) is 12.2 Å². The zero-order valence-electron chi connectivity index (χ0n) is 11.2. The Balaban J connectivity index is 1.86. The van der Waals surface area contributed by atoms with Gasteiger partial charge in [0.05, 0.1) is 12.7 Å². The standard InChI is InChI=1S/C15H23NO2/c1-12(18-14-6-4-3-5-7-14)10-15(2,11-17)16-13-8-9-13/h3-7,12-13,16-17H,8-11H2,1-2H3. The van der Waals surface area contributed by atoms with E-state index in [2.05, 4.69) is 19.2 Å². The Hall–Kier alpha value is -1.06. The second-order valence-electron chi connectivity index (χ2n) is 5.58. The highest BCUT2D eigenvalue weighted by molar-refractivity contribution is 5.21. The van der Waals surface area contributed by atoms with Crippen LogP contribution in [0, 0.1) is 0 Å². The molecule has 3 heteroatoms. The molecule has 0 bridgehead atoms. The van der Waals surface area contributed by atoms with Gasteiger partial charge in [-0.2, -0.15) is 0 Å². The maximum atomic E-state index is 9.56. The molecule has 2 unspecified atom stereocenters. The lowest BCUT2D eigenvalue weighted by Crippen LogP contribution is -2.49. The second kappa shape index (κ2) is 5.72. The van der Waals surface area contributed by atoms with Crippen LogP contribution in [0.4, 0.5) is 0 Å². The van der Waals surface area contributed by atoms with Gasteiger partial charge in [-0.15, -0.1) is 0 Å². The number of hydrogen-bond acceptors (Lipinski definition) is 3. The number of benzene rings is 1. The Bertz CT molecular complexity index is 364. The third-order valence-electron chi connectivity index (χ3n) is 3.30. The Morgan fingerprint density at radius 2 is 2.06 bits per heavy atom. The summed E-state index contributed by atoms with van der Waals surface area (Å²) in [6.45, 7) is 4.26. The van der Waals surface area contributed by atoms with Crippen molar-refractivity contribution < 1.29 is 9.84 Å². The van der Waals surface area contributed by atoms with Gasteiger partial charge in [0.15, 0.2) is 0 Å². The molecule has 0 aromatic heterocycles. The largest absolute Gasteiger partial charge is 0.491 e. The molecule has 0 heterocycles. The summed E-state index contributed by atoms with van der Waals surface area (Å²) in [4.78, 5) is 0. The van der Waals surface area contributed by atoms with E-state index in [4.69, 9.17) is 4.74 Å². The molecule has 1 aromatic rings. The van der Waals surface area contributed by atoms with Crippen LogP contribution >= 0.6 is 0 Å². The smallest absolute Gasteiger partial charge is 0.119 e. The first-order chi connectivity index (χ1) is 8.61. The van der Waals surface area contributed by atoms with Gasteiger partial charge in [-0.1, -0.05) is 18.2 Å². The minimum atomic E-state index is -0.241. The Morgan fingerprint density at radius 1 is 1.39 bits per heavy atom. The Labute approximate surface area is 109 Å². The Morgan fingerprint density at radius 3 is 2.61 bits per heavy atom. The van der Waals surface area contributed by atoms with Crippen LogP contribution in [-0.4, -0.2) is 29.4 Å². The van der Waals surface area contributed by atoms with Crippen LogP contribution in [0.15, 0.2) is 30.3 Å². The quantitative estimate of drug-likeness (QED) is 0.779. The number of para-hydroxylation sites is 1. The van der Waals surface area contributed by atoms with Gasteiger partial charge in [-0.25, -0.2) is 0 Å². The van der Waals surface area contributed by atoms with Gasteiger partial charge in [0.1, 0.15) is 5.75 Å². The lowest BCUT2D eigenvalue weighted by Gasteiger charge is -2.32. The number of aliphatic hydroxyl groups is 1. The summed E-state index contributed by atoms with van der Waals surface area (Å²) in [5.41, 5.74) is -0.241. The second-order valence-corrected chi connectivity index (χ2v) is 5.58. The molecule has 100 valence electrons. The predicted molar refractivity (Wildman–Crippen MR) is 72.8 cm³/mol. The maximum absolute atomic E-state index is 9.56. The van der Waals surface area contributed by atoms with Gasteiger partial charge in [0.2, 0.25) is 0 Å². The summed E-state index contributed by atoms with van der Waals surface area (Å²) in [7, 11) is 0. The molecule has 18 heavy (non-hydrogen) atoms. The molecule has 2 atom stereocenters. The van der Waals surface area contributed by atoms with E-state index in [1.54, 1.807) is 0 Å². The SMILES string of the molecule is CC(CC(C)(CO)NC1CC1)Oc1ccccc1. The van der Waals surface area contributed by atoms with Crippen molar-refractivity contribution in [3.8, 4) is 5.75 Å². The number of nitrogens with one attached hydrogen (secondary N) is 1. The van der Waals surface area contributed by atoms with Crippen LogP contribution in [0.25, 0.3) is 0 Å². The normalized spacial score (nSPS) is 20.2. The van der Waals surface area contributed by atoms with Crippen molar-refractivity contribution in [1.82, 2.24) is 5.32 Å². The van der Waals surface area contributed by atoms with Crippen molar-refractivity contribution in [2.75, 3.05) is 6.61 Å². The lowest BCUT2D eigenvalue weighted by atomic mass is 9.95. The monoisotopic (exact) mass is 249 g/mol. The van der Waals surface area contributed by atoms with Crippen LogP contribution in [0.2, 0.25) is 0 Å². The van der Waals surface area contributed by atoms with Crippen molar-refractivity contribution in [3.05, 3.63) is 30.3 Å². The minimum absolute atomic E-state index is 0.0794. The molecule has 2 N–H and O–H groups in total. The van der Waals surface area contributed by atoms with Gasteiger partial charge < -0.3 is 15.2 Å². The molecule has 0 spiro atoms. The van der Waals surface area contributed by atoms with Crippen molar-refractivity contribution in [2.45, 2.75) is 50.8 Å². The molecular formula is C15H23NO2. The Kier molecular flexibility index (Phi) is 4.25. The van der Waals surface area contributed by atoms with Gasteiger partial charge in [-0.3, -0.25) is 0 Å². The highest BCUT2D eigenvalue weighted by Crippen LogP contribution is 2.25. The van der Waals surface area contributed by atoms with Crippen LogP contribution in [-0.2, 0) is 0 Å². The fourth-order valence-electron chi connectivity index (χ4n) is 2.30. The summed E-state index contributed by atoms with van der Waals surface area (Å²) in [5.74, 6) is 0.886. The highest BCUT2D eigenvalue weighted by atomic mass is 16.5. The van der Waals surface area contributed by atoms with Gasteiger partial charge in [0.25, 0.3) is 0 Å². The summed E-state index contributed by atoms with van der Waals surface area (Å²) < 4.78 is 5.86. The maximum Gasteiger partial charge on any atom is 0.119 e. The van der Waals surface area contributed by atoms with Crippen LogP contribution in [0.1, 0.15) is 33.1 Å². The molecule has 1 aliphatic carbocycles. The molecule has 1 aliphatic rings. The van der Waals surface area contributed by atoms with E-state index < -0.39 is 0 Å². The van der Waals surface area contributed by atoms with Crippen LogP contribution < -0.4 is 10.1 Å². The average molecular weight is 249 g/mol. The van der Waals surface area contributed by atoms with Gasteiger partial charge in [-0.05, 0) is 38.8 Å². The fraction of sp³-hybridized carbons (Fsp3) is 0.600. The predicted octanol–water partition coefficient (Wildman–Crippen LogP) is 2.35. The minimum Gasteiger partial charge on any atom is -0.491 e. The van der Waals surface area contributed by atoms with Crippen molar-refractivity contribution in [3.63, 3.8) is 0 Å². The van der Waals surface area contributed by atoms with E-state index in [1.807, 2.05) is 30.3 Å². The van der Waals surface area contributed by atoms with Crippen molar-refractivity contribution in [1.29, 1.82) is 0 Å². The van der Waals surface area contributed by atoms with Crippen LogP contribution in [0.5, 0.6) is 5.75 Å². The first kappa shape index (κ1) is 13.4. The average Bonchev–Trinajstić information content (AvgIpc) is 3.13. The molecule has 1 fully saturated rings. The molecule has 1 saturated carbocycles. The van der Waals surface area contributed by atoms with Crippen molar-refractivity contribution >= 4 is 0 Å². The molecule has 0 saturated heterocycles. The first-order valence-corrected chi connectivity index (χ1v) is 6.71. The molecule has 1 aromatic carbocycles. The zero-order chi connectivity index (χ0) is 13.0. The van der Waals surface area contributed by atoms with E-state index in [-0.39, 0.29) is 18.2 Å². The number of rotatable bonds is 7. The first-order valence-electron chi connectivity index (χ1n) is 6.71. The third kappa shape index (κ3) is 4.00. The number of aliphatic hydroxyl groups excluding tert-OH is 1. The van der Waals surface area contributed by atoms with Crippen LogP contribution in [0.3, 0.4) is 0 Å². The third-order valence-corrected chi connectivity index (χ3v) is 3.30. The number of hydrogen-bond donors (Lipinski definition) is 2. The molecular weight excluding hydrogens is 226 g/mol. The van der Waals surface area contributed by atoms with E-state index in [9.17, 15) is 5.11 Å². The molecule has 2 rings (SSSR count).